The number of nitro groups is 1. The van der Waals surface area contributed by atoms with Gasteiger partial charge in [-0.25, -0.2) is 4.98 Å². The first kappa shape index (κ1) is 10.8. The average Bonchev–Trinajstić information content (AvgIpc) is 2.78. The van der Waals surface area contributed by atoms with Crippen molar-refractivity contribution in [3.8, 4) is 5.69 Å². The molecule has 2 aromatic rings. The van der Waals surface area contributed by atoms with Gasteiger partial charge in [0.05, 0.1) is 4.92 Å². The molecule has 0 fully saturated rings. The Morgan fingerprint density at radius 1 is 1.41 bits per heavy atom. The second-order valence-electron chi connectivity index (χ2n) is 3.28. The molecule has 0 unspecified atom stereocenters. The summed E-state index contributed by atoms with van der Waals surface area (Å²) in [6, 6.07) is 6.16. The van der Waals surface area contributed by atoms with E-state index in [1.165, 1.54) is 23.2 Å². The number of rotatable bonds is 3. The first-order chi connectivity index (χ1) is 8.09. The van der Waals surface area contributed by atoms with Crippen molar-refractivity contribution in [1.82, 2.24) is 9.55 Å². The second-order valence-corrected chi connectivity index (χ2v) is 3.28. The van der Waals surface area contributed by atoms with E-state index in [-0.39, 0.29) is 11.4 Å². The summed E-state index contributed by atoms with van der Waals surface area (Å²) in [6.07, 6.45) is 2.66. The molecule has 0 spiro atoms. The fourth-order valence-corrected chi connectivity index (χ4v) is 1.42. The van der Waals surface area contributed by atoms with Gasteiger partial charge in [-0.1, -0.05) is 12.1 Å². The van der Waals surface area contributed by atoms with Gasteiger partial charge in [-0.3, -0.25) is 19.5 Å². The summed E-state index contributed by atoms with van der Waals surface area (Å²) in [7, 11) is 0. The highest BCUT2D eigenvalue weighted by Crippen LogP contribution is 2.21. The summed E-state index contributed by atoms with van der Waals surface area (Å²) in [5, 5.41) is 10.8. The third-order valence-corrected chi connectivity index (χ3v) is 2.19. The van der Waals surface area contributed by atoms with Crippen LogP contribution in [0.5, 0.6) is 0 Å². The van der Waals surface area contributed by atoms with E-state index in [1.54, 1.807) is 18.2 Å². The summed E-state index contributed by atoms with van der Waals surface area (Å²) >= 11 is 0. The molecule has 0 atom stereocenters. The van der Waals surface area contributed by atoms with E-state index >= 15 is 0 Å². The molecule has 0 bridgehead atoms. The fourth-order valence-electron chi connectivity index (χ4n) is 1.42. The quantitative estimate of drug-likeness (QED) is 0.626. The van der Waals surface area contributed by atoms with Gasteiger partial charge in [0.1, 0.15) is 17.7 Å². The first-order valence-corrected chi connectivity index (χ1v) is 4.67. The molecule has 86 valence electrons. The zero-order valence-electron chi connectivity index (χ0n) is 8.61. The number of carbonyl (C=O) groups is 1. The number of imidazole rings is 1. The molecule has 7 nitrogen and oxygen atoms in total. The van der Waals surface area contributed by atoms with Crippen LogP contribution >= 0.6 is 0 Å². The SMILES string of the molecule is NC(=O)c1cn(-c2ccccc2[N+](=O)[O-])cn1. The molecule has 2 rings (SSSR count). The van der Waals surface area contributed by atoms with E-state index < -0.39 is 10.8 Å². The minimum Gasteiger partial charge on any atom is -0.364 e. The van der Waals surface area contributed by atoms with Gasteiger partial charge in [0.15, 0.2) is 0 Å². The molecule has 0 aliphatic rings. The van der Waals surface area contributed by atoms with Gasteiger partial charge >= 0.3 is 0 Å². The lowest BCUT2D eigenvalue weighted by Crippen LogP contribution is -2.11. The highest BCUT2D eigenvalue weighted by atomic mass is 16.6. The van der Waals surface area contributed by atoms with Gasteiger partial charge in [-0.2, -0.15) is 0 Å². The summed E-state index contributed by atoms with van der Waals surface area (Å²) in [5.41, 5.74) is 5.38. The molecule has 1 heterocycles. The largest absolute Gasteiger partial charge is 0.364 e. The van der Waals surface area contributed by atoms with E-state index in [0.29, 0.717) is 5.69 Å². The van der Waals surface area contributed by atoms with Crippen LogP contribution in [-0.2, 0) is 0 Å². The van der Waals surface area contributed by atoms with Crippen molar-refractivity contribution in [2.75, 3.05) is 0 Å². The molecular weight excluding hydrogens is 224 g/mol. The van der Waals surface area contributed by atoms with Crippen LogP contribution in [0, 0.1) is 10.1 Å². The van der Waals surface area contributed by atoms with E-state index in [1.807, 2.05) is 0 Å². The Hall–Kier alpha value is -2.70. The average molecular weight is 232 g/mol. The van der Waals surface area contributed by atoms with Crippen LogP contribution in [0.2, 0.25) is 0 Å². The highest BCUT2D eigenvalue weighted by Gasteiger charge is 2.15. The molecule has 0 aliphatic carbocycles. The molecule has 7 heteroatoms. The maximum absolute atomic E-state index is 10.9. The normalized spacial score (nSPS) is 10.1. The van der Waals surface area contributed by atoms with E-state index in [2.05, 4.69) is 4.98 Å². The predicted octanol–water partition coefficient (Wildman–Crippen LogP) is 0.879. The Bertz CT molecular complexity index is 591. The number of hydrogen-bond acceptors (Lipinski definition) is 4. The Balaban J connectivity index is 2.52. The number of amides is 1. The molecule has 17 heavy (non-hydrogen) atoms. The van der Waals surface area contributed by atoms with Gasteiger partial charge in [0, 0.05) is 12.3 Å². The molecule has 0 saturated heterocycles. The standard InChI is InChI=1S/C10H8N4O3/c11-10(15)7-5-13(6-12-7)8-3-1-2-4-9(8)14(16)17/h1-6H,(H2,11,15). The van der Waals surface area contributed by atoms with Crippen molar-refractivity contribution >= 4 is 11.6 Å². The summed E-state index contributed by atoms with van der Waals surface area (Å²) in [5.74, 6) is -0.678. The fraction of sp³-hybridized carbons (Fsp3) is 0. The molecular formula is C10H8N4O3. The van der Waals surface area contributed by atoms with Crippen molar-refractivity contribution in [3.63, 3.8) is 0 Å². The Kier molecular flexibility index (Phi) is 2.57. The second kappa shape index (κ2) is 4.05. The smallest absolute Gasteiger partial charge is 0.293 e. The van der Waals surface area contributed by atoms with Crippen LogP contribution in [0.4, 0.5) is 5.69 Å². The number of para-hydroxylation sites is 2. The Morgan fingerprint density at radius 3 is 2.71 bits per heavy atom. The lowest BCUT2D eigenvalue weighted by atomic mass is 10.2. The minimum absolute atomic E-state index is 0.0585. The van der Waals surface area contributed by atoms with Crippen LogP contribution in [0.15, 0.2) is 36.8 Å². The van der Waals surface area contributed by atoms with Crippen molar-refractivity contribution < 1.29 is 9.72 Å². The number of nitrogens with zero attached hydrogens (tertiary/aromatic N) is 3. The number of nitrogens with two attached hydrogens (primary N) is 1. The van der Waals surface area contributed by atoms with Crippen LogP contribution in [0.1, 0.15) is 10.5 Å². The van der Waals surface area contributed by atoms with E-state index in [4.69, 9.17) is 5.73 Å². The maximum Gasteiger partial charge on any atom is 0.293 e. The van der Waals surface area contributed by atoms with Gasteiger partial charge in [-0.05, 0) is 6.07 Å². The maximum atomic E-state index is 10.9. The number of nitro benzene ring substituents is 1. The van der Waals surface area contributed by atoms with Crippen molar-refractivity contribution in [1.29, 1.82) is 0 Å². The summed E-state index contributed by atoms with van der Waals surface area (Å²) in [4.78, 5) is 25.0. The molecule has 2 N–H and O–H groups in total. The molecule has 0 radical (unpaired) electrons. The third kappa shape index (κ3) is 1.98. The molecule has 0 aliphatic heterocycles. The summed E-state index contributed by atoms with van der Waals surface area (Å²) < 4.78 is 1.39. The minimum atomic E-state index is -0.678. The molecule has 0 saturated carbocycles. The van der Waals surface area contributed by atoms with Crippen molar-refractivity contribution in [3.05, 3.63) is 52.6 Å². The number of hydrogen-bond donors (Lipinski definition) is 1. The number of primary amides is 1. The molecule has 1 aromatic heterocycles. The predicted molar refractivity (Wildman–Crippen MR) is 58.7 cm³/mol. The van der Waals surface area contributed by atoms with Gasteiger partial charge in [0.2, 0.25) is 0 Å². The first-order valence-electron chi connectivity index (χ1n) is 4.67. The molecule has 1 amide bonds. The van der Waals surface area contributed by atoms with Crippen LogP contribution in [-0.4, -0.2) is 20.4 Å². The number of benzene rings is 1. The monoisotopic (exact) mass is 232 g/mol. The zero-order valence-corrected chi connectivity index (χ0v) is 8.61. The van der Waals surface area contributed by atoms with Crippen LogP contribution in [0.25, 0.3) is 5.69 Å². The van der Waals surface area contributed by atoms with Crippen molar-refractivity contribution in [2.45, 2.75) is 0 Å². The summed E-state index contributed by atoms with van der Waals surface area (Å²) in [6.45, 7) is 0. The van der Waals surface area contributed by atoms with E-state index in [0.717, 1.165) is 0 Å². The number of carbonyl (C=O) groups excluding carboxylic acids is 1. The Morgan fingerprint density at radius 2 is 2.12 bits per heavy atom. The van der Waals surface area contributed by atoms with E-state index in [9.17, 15) is 14.9 Å². The number of aromatic nitrogens is 2. The Labute approximate surface area is 95.6 Å². The zero-order chi connectivity index (χ0) is 12.4. The molecule has 1 aromatic carbocycles. The highest BCUT2D eigenvalue weighted by molar-refractivity contribution is 5.90. The third-order valence-electron chi connectivity index (χ3n) is 2.19. The lowest BCUT2D eigenvalue weighted by Gasteiger charge is -2.01. The van der Waals surface area contributed by atoms with Gasteiger partial charge in [-0.15, -0.1) is 0 Å². The van der Waals surface area contributed by atoms with Gasteiger partial charge in [0.25, 0.3) is 11.6 Å². The van der Waals surface area contributed by atoms with Crippen LogP contribution in [0.3, 0.4) is 0 Å². The lowest BCUT2D eigenvalue weighted by molar-refractivity contribution is -0.384. The van der Waals surface area contributed by atoms with Crippen LogP contribution < -0.4 is 5.73 Å². The van der Waals surface area contributed by atoms with Crippen molar-refractivity contribution in [2.24, 2.45) is 5.73 Å². The van der Waals surface area contributed by atoms with Gasteiger partial charge < -0.3 is 5.73 Å². The topological polar surface area (TPSA) is 104 Å².